The van der Waals surface area contributed by atoms with E-state index in [1.807, 2.05) is 6.92 Å². The monoisotopic (exact) mass is 273 g/mol. The molecule has 1 amide bonds. The van der Waals surface area contributed by atoms with Crippen molar-refractivity contribution in [1.82, 2.24) is 10.3 Å². The zero-order valence-electron chi connectivity index (χ0n) is 10.3. The Bertz CT molecular complexity index is 458. The van der Waals surface area contributed by atoms with Crippen molar-refractivity contribution in [3.05, 3.63) is 24.0 Å². The van der Waals surface area contributed by atoms with Gasteiger partial charge in [0.25, 0.3) is 0 Å². The van der Waals surface area contributed by atoms with E-state index in [1.54, 1.807) is 0 Å². The molecule has 7 heteroatoms. The van der Waals surface area contributed by atoms with E-state index in [2.05, 4.69) is 15.6 Å². The Morgan fingerprint density at radius 3 is 2.68 bits per heavy atom. The van der Waals surface area contributed by atoms with E-state index in [0.717, 1.165) is 25.2 Å². The van der Waals surface area contributed by atoms with Gasteiger partial charge in [0.1, 0.15) is 5.69 Å². The molecule has 2 N–H and O–H groups in total. The van der Waals surface area contributed by atoms with Crippen LogP contribution in [0.3, 0.4) is 0 Å². The first-order valence-corrected chi connectivity index (χ1v) is 5.95. The lowest BCUT2D eigenvalue weighted by Gasteiger charge is -2.15. The van der Waals surface area contributed by atoms with Crippen molar-refractivity contribution >= 4 is 11.6 Å². The summed E-state index contributed by atoms with van der Waals surface area (Å²) < 4.78 is 37.0. The SMILES string of the molecule is CC1CCNC1C(=O)Nc1ccc(C(F)(F)F)nc1. The van der Waals surface area contributed by atoms with Crippen LogP contribution in [0.5, 0.6) is 0 Å². The molecule has 2 heterocycles. The summed E-state index contributed by atoms with van der Waals surface area (Å²) in [7, 11) is 0. The minimum Gasteiger partial charge on any atom is -0.323 e. The van der Waals surface area contributed by atoms with E-state index in [1.165, 1.54) is 6.07 Å². The van der Waals surface area contributed by atoms with Crippen molar-refractivity contribution < 1.29 is 18.0 Å². The van der Waals surface area contributed by atoms with Crippen molar-refractivity contribution in [3.63, 3.8) is 0 Å². The maximum atomic E-state index is 12.3. The third-order valence-electron chi connectivity index (χ3n) is 3.14. The Morgan fingerprint density at radius 1 is 1.47 bits per heavy atom. The minimum absolute atomic E-state index is 0.211. The minimum atomic E-state index is -4.47. The molecule has 1 saturated heterocycles. The number of aromatic nitrogens is 1. The molecule has 2 atom stereocenters. The molecule has 1 aliphatic heterocycles. The average Bonchev–Trinajstić information content (AvgIpc) is 2.75. The zero-order chi connectivity index (χ0) is 14.0. The first kappa shape index (κ1) is 13.8. The van der Waals surface area contributed by atoms with E-state index < -0.39 is 11.9 Å². The van der Waals surface area contributed by atoms with E-state index in [9.17, 15) is 18.0 Å². The molecule has 1 aromatic rings. The van der Waals surface area contributed by atoms with Gasteiger partial charge in [0.2, 0.25) is 5.91 Å². The largest absolute Gasteiger partial charge is 0.433 e. The quantitative estimate of drug-likeness (QED) is 0.867. The van der Waals surface area contributed by atoms with Crippen LogP contribution in [0.15, 0.2) is 18.3 Å². The van der Waals surface area contributed by atoms with Crippen LogP contribution < -0.4 is 10.6 Å². The standard InChI is InChI=1S/C12H14F3N3O/c1-7-4-5-16-10(7)11(19)18-8-2-3-9(17-6-8)12(13,14)15/h2-3,6-7,10,16H,4-5H2,1H3,(H,18,19). The van der Waals surface area contributed by atoms with Gasteiger partial charge in [-0.25, -0.2) is 4.98 Å². The molecule has 2 unspecified atom stereocenters. The fourth-order valence-corrected chi connectivity index (χ4v) is 2.04. The van der Waals surface area contributed by atoms with Crippen LogP contribution in [0.25, 0.3) is 0 Å². The summed E-state index contributed by atoms with van der Waals surface area (Å²) in [5.74, 6) is -0.0334. The van der Waals surface area contributed by atoms with Gasteiger partial charge in [-0.1, -0.05) is 6.92 Å². The summed E-state index contributed by atoms with van der Waals surface area (Å²) >= 11 is 0. The van der Waals surface area contributed by atoms with E-state index >= 15 is 0 Å². The van der Waals surface area contributed by atoms with Gasteiger partial charge in [-0.05, 0) is 31.0 Å². The summed E-state index contributed by atoms with van der Waals surface area (Å²) in [6, 6.07) is 1.75. The van der Waals surface area contributed by atoms with Crippen molar-refractivity contribution in [2.24, 2.45) is 5.92 Å². The second-order valence-electron chi connectivity index (χ2n) is 4.62. The summed E-state index contributed by atoms with van der Waals surface area (Å²) in [5, 5.41) is 5.61. The number of amides is 1. The molecule has 4 nitrogen and oxygen atoms in total. The van der Waals surface area contributed by atoms with Crippen LogP contribution in [0.2, 0.25) is 0 Å². The second kappa shape index (κ2) is 5.16. The van der Waals surface area contributed by atoms with Gasteiger partial charge >= 0.3 is 6.18 Å². The predicted molar refractivity (Wildman–Crippen MR) is 63.4 cm³/mol. The van der Waals surface area contributed by atoms with Crippen molar-refractivity contribution in [2.45, 2.75) is 25.6 Å². The lowest BCUT2D eigenvalue weighted by molar-refractivity contribution is -0.141. The van der Waals surface area contributed by atoms with Crippen LogP contribution in [-0.2, 0) is 11.0 Å². The molecule has 0 aliphatic carbocycles. The number of carbonyl (C=O) groups excluding carboxylic acids is 1. The third-order valence-corrected chi connectivity index (χ3v) is 3.14. The Morgan fingerprint density at radius 2 is 2.21 bits per heavy atom. The van der Waals surface area contributed by atoms with E-state index in [4.69, 9.17) is 0 Å². The molecule has 1 aliphatic rings. The van der Waals surface area contributed by atoms with Gasteiger partial charge in [-0.2, -0.15) is 13.2 Å². The molecule has 104 valence electrons. The summed E-state index contributed by atoms with van der Waals surface area (Å²) in [4.78, 5) is 15.2. The molecule has 1 aromatic heterocycles. The smallest absolute Gasteiger partial charge is 0.323 e. The lowest BCUT2D eigenvalue weighted by atomic mass is 10.0. The van der Waals surface area contributed by atoms with Crippen molar-refractivity contribution in [1.29, 1.82) is 0 Å². The van der Waals surface area contributed by atoms with Crippen molar-refractivity contribution in [2.75, 3.05) is 11.9 Å². The molecule has 0 bridgehead atoms. The first-order valence-electron chi connectivity index (χ1n) is 5.95. The van der Waals surface area contributed by atoms with Crippen LogP contribution in [0.4, 0.5) is 18.9 Å². The van der Waals surface area contributed by atoms with Gasteiger partial charge < -0.3 is 10.6 Å². The molecule has 0 aromatic carbocycles. The number of hydrogen-bond acceptors (Lipinski definition) is 3. The van der Waals surface area contributed by atoms with Gasteiger partial charge in [-0.15, -0.1) is 0 Å². The molecule has 0 radical (unpaired) electrons. The van der Waals surface area contributed by atoms with Gasteiger partial charge in [-0.3, -0.25) is 4.79 Å². The Labute approximate surface area is 108 Å². The number of halogens is 3. The van der Waals surface area contributed by atoms with Crippen LogP contribution in [0, 0.1) is 5.92 Å². The number of alkyl halides is 3. The molecule has 19 heavy (non-hydrogen) atoms. The average molecular weight is 273 g/mol. The highest BCUT2D eigenvalue weighted by Gasteiger charge is 2.32. The highest BCUT2D eigenvalue weighted by Crippen LogP contribution is 2.27. The summed E-state index contributed by atoms with van der Waals surface area (Å²) in [6.07, 6.45) is -2.55. The Hall–Kier alpha value is -1.63. The summed E-state index contributed by atoms with van der Waals surface area (Å²) in [5.41, 5.74) is -0.711. The fraction of sp³-hybridized carbons (Fsp3) is 0.500. The highest BCUT2D eigenvalue weighted by molar-refractivity contribution is 5.95. The molecular formula is C12H14F3N3O. The molecule has 0 spiro atoms. The predicted octanol–water partition coefficient (Wildman–Crippen LogP) is 2.04. The van der Waals surface area contributed by atoms with E-state index in [0.29, 0.717) is 0 Å². The van der Waals surface area contributed by atoms with Crippen LogP contribution in [0.1, 0.15) is 19.0 Å². The van der Waals surface area contributed by atoms with Crippen LogP contribution >= 0.6 is 0 Å². The van der Waals surface area contributed by atoms with Crippen molar-refractivity contribution in [3.8, 4) is 0 Å². The number of rotatable bonds is 2. The molecule has 1 fully saturated rings. The van der Waals surface area contributed by atoms with Crippen LogP contribution in [-0.4, -0.2) is 23.5 Å². The normalized spacial score (nSPS) is 23.4. The fourth-order valence-electron chi connectivity index (χ4n) is 2.04. The Balaban J connectivity index is 2.02. The Kier molecular flexibility index (Phi) is 3.75. The highest BCUT2D eigenvalue weighted by atomic mass is 19.4. The number of nitrogens with zero attached hydrogens (tertiary/aromatic N) is 1. The molecule has 0 saturated carbocycles. The maximum absolute atomic E-state index is 12.3. The number of carbonyl (C=O) groups is 1. The number of nitrogens with one attached hydrogen (secondary N) is 2. The van der Waals surface area contributed by atoms with Gasteiger partial charge in [0.05, 0.1) is 17.9 Å². The summed E-state index contributed by atoms with van der Waals surface area (Å²) in [6.45, 7) is 2.72. The lowest BCUT2D eigenvalue weighted by Crippen LogP contribution is -2.39. The number of hydrogen-bond donors (Lipinski definition) is 2. The number of anilines is 1. The van der Waals surface area contributed by atoms with Gasteiger partial charge in [0, 0.05) is 0 Å². The first-order chi connectivity index (χ1) is 8.88. The van der Waals surface area contributed by atoms with Gasteiger partial charge in [0.15, 0.2) is 0 Å². The molecule has 2 rings (SSSR count). The second-order valence-corrected chi connectivity index (χ2v) is 4.62. The maximum Gasteiger partial charge on any atom is 0.433 e. The third kappa shape index (κ3) is 3.23. The molecular weight excluding hydrogens is 259 g/mol. The number of pyridine rings is 1. The zero-order valence-corrected chi connectivity index (χ0v) is 10.3. The van der Waals surface area contributed by atoms with E-state index in [-0.39, 0.29) is 23.6 Å². The topological polar surface area (TPSA) is 54.0 Å².